The minimum Gasteiger partial charge on any atom is -0.399 e. The summed E-state index contributed by atoms with van der Waals surface area (Å²) in [5.74, 6) is 1.53. The second kappa shape index (κ2) is 8.00. The van der Waals surface area contributed by atoms with Gasteiger partial charge in [-0.2, -0.15) is 11.8 Å². The van der Waals surface area contributed by atoms with Crippen LogP contribution in [0.5, 0.6) is 0 Å². The van der Waals surface area contributed by atoms with Crippen molar-refractivity contribution in [2.45, 2.75) is 6.42 Å². The van der Waals surface area contributed by atoms with Crippen molar-refractivity contribution in [3.63, 3.8) is 0 Å². The molecule has 18 heavy (non-hydrogen) atoms. The highest BCUT2D eigenvalue weighted by molar-refractivity contribution is 7.99. The second-order valence-corrected chi connectivity index (χ2v) is 5.05. The van der Waals surface area contributed by atoms with E-state index in [-0.39, 0.29) is 5.91 Å². The zero-order valence-corrected chi connectivity index (χ0v) is 11.7. The summed E-state index contributed by atoms with van der Waals surface area (Å²) in [6.07, 6.45) is 0.972. The van der Waals surface area contributed by atoms with Crippen molar-refractivity contribution in [1.29, 1.82) is 0 Å². The van der Waals surface area contributed by atoms with Crippen molar-refractivity contribution in [3.8, 4) is 0 Å². The van der Waals surface area contributed by atoms with Gasteiger partial charge in [0, 0.05) is 32.1 Å². The van der Waals surface area contributed by atoms with E-state index in [1.807, 2.05) is 12.1 Å². The molecule has 0 bridgehead atoms. The van der Waals surface area contributed by atoms with Crippen molar-refractivity contribution in [2.75, 3.05) is 42.9 Å². The molecule has 1 rings (SSSR count). The van der Waals surface area contributed by atoms with Crippen LogP contribution in [-0.4, -0.2) is 38.2 Å². The van der Waals surface area contributed by atoms with Gasteiger partial charge in [0.15, 0.2) is 0 Å². The summed E-state index contributed by atoms with van der Waals surface area (Å²) < 4.78 is 4.96. The van der Waals surface area contributed by atoms with Crippen molar-refractivity contribution >= 4 is 29.0 Å². The third-order valence-electron chi connectivity index (χ3n) is 2.52. The van der Waals surface area contributed by atoms with Gasteiger partial charge in [0.25, 0.3) is 0 Å². The molecule has 100 valence electrons. The van der Waals surface area contributed by atoms with Gasteiger partial charge in [0.2, 0.25) is 5.91 Å². The van der Waals surface area contributed by atoms with E-state index < -0.39 is 0 Å². The lowest BCUT2D eigenvalue weighted by Crippen LogP contribution is -2.28. The zero-order chi connectivity index (χ0) is 13.4. The smallest absolute Gasteiger partial charge is 0.236 e. The van der Waals surface area contributed by atoms with Crippen molar-refractivity contribution in [1.82, 2.24) is 0 Å². The molecule has 0 unspecified atom stereocenters. The maximum Gasteiger partial charge on any atom is 0.236 e. The SMILES string of the molecule is COCCCSCC(=O)N(C)c1ccc(N)cc1. The number of anilines is 2. The third kappa shape index (κ3) is 4.98. The summed E-state index contributed by atoms with van der Waals surface area (Å²) in [7, 11) is 3.47. The Morgan fingerprint density at radius 2 is 2.06 bits per heavy atom. The number of carbonyl (C=O) groups is 1. The zero-order valence-electron chi connectivity index (χ0n) is 10.9. The van der Waals surface area contributed by atoms with Crippen LogP contribution < -0.4 is 10.6 Å². The molecule has 5 heteroatoms. The number of benzene rings is 1. The quantitative estimate of drug-likeness (QED) is 0.607. The number of ether oxygens (including phenoxy) is 1. The summed E-state index contributed by atoms with van der Waals surface area (Å²) >= 11 is 1.63. The molecule has 0 aromatic heterocycles. The molecule has 0 atom stereocenters. The third-order valence-corrected chi connectivity index (χ3v) is 3.55. The molecule has 0 aliphatic carbocycles. The lowest BCUT2D eigenvalue weighted by Gasteiger charge is -2.17. The molecule has 0 heterocycles. The highest BCUT2D eigenvalue weighted by Crippen LogP contribution is 2.16. The Balaban J connectivity index is 2.34. The van der Waals surface area contributed by atoms with Crippen molar-refractivity contribution < 1.29 is 9.53 Å². The standard InChI is InChI=1S/C13H20N2O2S/c1-15(12-6-4-11(14)5-7-12)13(16)10-18-9-3-8-17-2/h4-7H,3,8-10,14H2,1-2H3. The largest absolute Gasteiger partial charge is 0.399 e. The van der Waals surface area contributed by atoms with E-state index >= 15 is 0 Å². The maximum absolute atomic E-state index is 11.9. The number of amides is 1. The van der Waals surface area contributed by atoms with Crippen LogP contribution in [0, 0.1) is 0 Å². The topological polar surface area (TPSA) is 55.6 Å². The molecule has 0 aliphatic rings. The van der Waals surface area contributed by atoms with Gasteiger partial charge in [-0.25, -0.2) is 0 Å². The summed E-state index contributed by atoms with van der Waals surface area (Å²) in [4.78, 5) is 13.6. The maximum atomic E-state index is 11.9. The number of hydrogen-bond donors (Lipinski definition) is 1. The minimum atomic E-state index is 0.0992. The Labute approximate surface area is 112 Å². The fourth-order valence-corrected chi connectivity index (χ4v) is 2.24. The molecular formula is C13H20N2O2S. The number of methoxy groups -OCH3 is 1. The first-order valence-corrected chi connectivity index (χ1v) is 6.99. The first-order valence-electron chi connectivity index (χ1n) is 5.84. The lowest BCUT2D eigenvalue weighted by molar-refractivity contribution is -0.115. The highest BCUT2D eigenvalue weighted by atomic mass is 32.2. The molecule has 0 spiro atoms. The van der Waals surface area contributed by atoms with E-state index in [0.717, 1.165) is 24.5 Å². The van der Waals surface area contributed by atoms with Gasteiger partial charge in [-0.3, -0.25) is 4.79 Å². The molecule has 2 N–H and O–H groups in total. The lowest BCUT2D eigenvalue weighted by atomic mass is 10.2. The van der Waals surface area contributed by atoms with Crippen LogP contribution in [0.1, 0.15) is 6.42 Å². The Morgan fingerprint density at radius 1 is 1.39 bits per heavy atom. The van der Waals surface area contributed by atoms with Crippen LogP contribution in [0.15, 0.2) is 24.3 Å². The molecule has 0 saturated carbocycles. The average molecular weight is 268 g/mol. The highest BCUT2D eigenvalue weighted by Gasteiger charge is 2.10. The first kappa shape index (κ1) is 14.9. The number of nitrogens with zero attached hydrogens (tertiary/aromatic N) is 1. The number of rotatable bonds is 7. The summed E-state index contributed by atoms with van der Waals surface area (Å²) in [5, 5.41) is 0. The normalized spacial score (nSPS) is 10.3. The van der Waals surface area contributed by atoms with Gasteiger partial charge in [0.05, 0.1) is 5.75 Å². The average Bonchev–Trinajstić information content (AvgIpc) is 2.38. The molecule has 0 aliphatic heterocycles. The minimum absolute atomic E-state index is 0.0992. The van der Waals surface area contributed by atoms with Crippen LogP contribution in [-0.2, 0) is 9.53 Å². The van der Waals surface area contributed by atoms with Crippen LogP contribution in [0.25, 0.3) is 0 Å². The monoisotopic (exact) mass is 268 g/mol. The van der Waals surface area contributed by atoms with Gasteiger partial charge >= 0.3 is 0 Å². The van der Waals surface area contributed by atoms with Gasteiger partial charge in [-0.1, -0.05) is 0 Å². The number of carbonyl (C=O) groups excluding carboxylic acids is 1. The molecule has 1 amide bonds. The fourth-order valence-electron chi connectivity index (χ4n) is 1.40. The molecule has 0 fully saturated rings. The van der Waals surface area contributed by atoms with E-state index in [1.54, 1.807) is 43.0 Å². The summed E-state index contributed by atoms with van der Waals surface area (Å²) in [5.41, 5.74) is 7.18. The Bertz CT molecular complexity index is 368. The Kier molecular flexibility index (Phi) is 6.60. The van der Waals surface area contributed by atoms with Crippen molar-refractivity contribution in [2.24, 2.45) is 0 Å². The number of nitrogens with two attached hydrogens (primary N) is 1. The number of hydrogen-bond acceptors (Lipinski definition) is 4. The number of nitrogen functional groups attached to an aromatic ring is 1. The molecule has 0 saturated heterocycles. The predicted octanol–water partition coefficient (Wildman–Crippen LogP) is 2.00. The van der Waals surface area contributed by atoms with Crippen LogP contribution >= 0.6 is 11.8 Å². The predicted molar refractivity (Wildman–Crippen MR) is 78.1 cm³/mol. The van der Waals surface area contributed by atoms with Crippen LogP contribution in [0.3, 0.4) is 0 Å². The molecule has 1 aromatic carbocycles. The van der Waals surface area contributed by atoms with Crippen molar-refractivity contribution in [3.05, 3.63) is 24.3 Å². The van der Waals surface area contributed by atoms with Gasteiger partial charge in [-0.05, 0) is 36.4 Å². The van der Waals surface area contributed by atoms with E-state index in [4.69, 9.17) is 10.5 Å². The molecule has 1 aromatic rings. The molecule has 0 radical (unpaired) electrons. The first-order chi connectivity index (χ1) is 8.65. The number of thioether (sulfide) groups is 1. The second-order valence-electron chi connectivity index (χ2n) is 3.94. The van der Waals surface area contributed by atoms with Gasteiger partial charge in [-0.15, -0.1) is 0 Å². The summed E-state index contributed by atoms with van der Waals surface area (Å²) in [6.45, 7) is 0.745. The summed E-state index contributed by atoms with van der Waals surface area (Å²) in [6, 6.07) is 7.29. The van der Waals surface area contributed by atoms with E-state index in [2.05, 4.69) is 0 Å². The van der Waals surface area contributed by atoms with Crippen LogP contribution in [0.4, 0.5) is 11.4 Å². The van der Waals surface area contributed by atoms with Crippen LogP contribution in [0.2, 0.25) is 0 Å². The molecular weight excluding hydrogens is 248 g/mol. The van der Waals surface area contributed by atoms with Gasteiger partial charge < -0.3 is 15.4 Å². The Hall–Kier alpha value is -1.20. The molecule has 4 nitrogen and oxygen atoms in total. The Morgan fingerprint density at radius 3 is 2.67 bits per heavy atom. The van der Waals surface area contributed by atoms with E-state index in [0.29, 0.717) is 11.4 Å². The van der Waals surface area contributed by atoms with Gasteiger partial charge in [0.1, 0.15) is 0 Å². The fraction of sp³-hybridized carbons (Fsp3) is 0.462. The van der Waals surface area contributed by atoms with E-state index in [1.165, 1.54) is 0 Å². The van der Waals surface area contributed by atoms with E-state index in [9.17, 15) is 4.79 Å².